The quantitative estimate of drug-likeness (QED) is 0.689. The molecule has 0 unspecified atom stereocenters. The standard InChI is InChI=1S/C20H25F2NO/c1-19-7-4-3-5-14(19)12(9-21)13(10-22)17-15(19)6-8-20(2)16(17)11-23-18(20)24/h5,9-10,15-17H,3-4,6-8,11H2,1-2H3,(H,23,24)/t15-,16+,17-,19+,20+/m1/s1. The van der Waals surface area contributed by atoms with Gasteiger partial charge in [0.05, 0.1) is 18.1 Å². The topological polar surface area (TPSA) is 29.1 Å². The number of amides is 1. The second kappa shape index (κ2) is 5.27. The molecule has 3 aliphatic carbocycles. The molecule has 4 aliphatic rings. The highest BCUT2D eigenvalue weighted by Crippen LogP contribution is 2.65. The van der Waals surface area contributed by atoms with Gasteiger partial charge in [0.15, 0.2) is 0 Å². The summed E-state index contributed by atoms with van der Waals surface area (Å²) in [5, 5.41) is 2.98. The van der Waals surface area contributed by atoms with Crippen molar-refractivity contribution in [3.63, 3.8) is 0 Å². The number of nitrogens with one attached hydrogen (secondary N) is 1. The highest BCUT2D eigenvalue weighted by atomic mass is 19.1. The van der Waals surface area contributed by atoms with Crippen LogP contribution in [0.3, 0.4) is 0 Å². The molecule has 0 aromatic rings. The van der Waals surface area contributed by atoms with Crippen LogP contribution < -0.4 is 5.32 Å². The summed E-state index contributed by atoms with van der Waals surface area (Å²) in [5.74, 6) is 0.307. The molecule has 1 N–H and O–H groups in total. The number of halogens is 2. The minimum atomic E-state index is -0.455. The van der Waals surface area contributed by atoms with Gasteiger partial charge in [-0.15, -0.1) is 0 Å². The lowest BCUT2D eigenvalue weighted by atomic mass is 9.45. The monoisotopic (exact) mass is 333 g/mol. The summed E-state index contributed by atoms with van der Waals surface area (Å²) < 4.78 is 27.8. The van der Waals surface area contributed by atoms with Crippen LogP contribution in [0.15, 0.2) is 35.5 Å². The van der Waals surface area contributed by atoms with Crippen molar-refractivity contribution in [2.45, 2.75) is 46.0 Å². The molecule has 0 aromatic heterocycles. The molecule has 0 bridgehead atoms. The van der Waals surface area contributed by atoms with E-state index in [0.717, 1.165) is 37.7 Å². The lowest BCUT2D eigenvalue weighted by Crippen LogP contribution is -2.52. The predicted octanol–water partition coefficient (Wildman–Crippen LogP) is 4.60. The third-order valence-electron chi connectivity index (χ3n) is 7.53. The van der Waals surface area contributed by atoms with Crippen molar-refractivity contribution in [3.8, 4) is 0 Å². The number of fused-ring (bicyclic) bond motifs is 5. The molecule has 3 fully saturated rings. The maximum Gasteiger partial charge on any atom is 0.226 e. The molecule has 4 rings (SSSR count). The smallest absolute Gasteiger partial charge is 0.226 e. The Balaban J connectivity index is 1.88. The molecule has 0 radical (unpaired) electrons. The van der Waals surface area contributed by atoms with E-state index in [1.165, 1.54) is 0 Å². The van der Waals surface area contributed by atoms with Crippen molar-refractivity contribution in [1.29, 1.82) is 0 Å². The van der Waals surface area contributed by atoms with Gasteiger partial charge in [-0.2, -0.15) is 0 Å². The number of rotatable bonds is 0. The molecular weight excluding hydrogens is 308 g/mol. The predicted molar refractivity (Wildman–Crippen MR) is 89.2 cm³/mol. The molecule has 24 heavy (non-hydrogen) atoms. The van der Waals surface area contributed by atoms with Gasteiger partial charge in [0.2, 0.25) is 5.91 Å². The van der Waals surface area contributed by atoms with Crippen molar-refractivity contribution < 1.29 is 13.6 Å². The lowest BCUT2D eigenvalue weighted by Gasteiger charge is -2.57. The fourth-order valence-electron chi connectivity index (χ4n) is 6.16. The van der Waals surface area contributed by atoms with E-state index in [1.807, 2.05) is 6.92 Å². The molecule has 1 heterocycles. The molecule has 0 spiro atoms. The highest BCUT2D eigenvalue weighted by Gasteiger charge is 2.61. The molecule has 0 aromatic carbocycles. The first-order valence-electron chi connectivity index (χ1n) is 9.07. The van der Waals surface area contributed by atoms with Crippen molar-refractivity contribution in [2.75, 3.05) is 6.54 Å². The Morgan fingerprint density at radius 1 is 1.17 bits per heavy atom. The van der Waals surface area contributed by atoms with Crippen molar-refractivity contribution in [2.24, 2.45) is 28.6 Å². The van der Waals surface area contributed by atoms with Crippen LogP contribution >= 0.6 is 0 Å². The van der Waals surface area contributed by atoms with Gasteiger partial charge in [-0.05, 0) is 66.4 Å². The van der Waals surface area contributed by atoms with Gasteiger partial charge in [0, 0.05) is 12.1 Å². The van der Waals surface area contributed by atoms with Crippen LogP contribution in [-0.2, 0) is 4.79 Å². The van der Waals surface area contributed by atoms with E-state index >= 15 is 0 Å². The Kier molecular flexibility index (Phi) is 3.52. The summed E-state index contributed by atoms with van der Waals surface area (Å²) in [7, 11) is 0. The zero-order valence-electron chi connectivity index (χ0n) is 14.4. The van der Waals surface area contributed by atoms with Crippen LogP contribution in [0.1, 0.15) is 46.0 Å². The molecule has 4 heteroatoms. The largest absolute Gasteiger partial charge is 0.355 e. The molecular formula is C20H25F2NO. The first-order chi connectivity index (χ1) is 11.5. The van der Waals surface area contributed by atoms with Crippen molar-refractivity contribution in [1.82, 2.24) is 5.32 Å². The SMILES string of the molecule is C[C@]12CCCC=C1C(=CF)C(=CF)[C@@H]1[C@H]2CC[C@]2(C)C(=O)NC[C@@H]12. The van der Waals surface area contributed by atoms with E-state index < -0.39 is 5.41 Å². The first-order valence-corrected chi connectivity index (χ1v) is 9.07. The van der Waals surface area contributed by atoms with Crippen LogP contribution in [0.5, 0.6) is 0 Å². The average Bonchev–Trinajstić information content (AvgIpc) is 2.88. The number of hydrogen-bond acceptors (Lipinski definition) is 1. The third kappa shape index (κ3) is 1.83. The summed E-state index contributed by atoms with van der Waals surface area (Å²) in [4.78, 5) is 12.4. The van der Waals surface area contributed by atoms with Crippen LogP contribution in [0.4, 0.5) is 8.78 Å². The van der Waals surface area contributed by atoms with Crippen molar-refractivity contribution >= 4 is 5.91 Å². The van der Waals surface area contributed by atoms with E-state index in [4.69, 9.17) is 0 Å². The van der Waals surface area contributed by atoms with E-state index in [-0.39, 0.29) is 29.1 Å². The lowest BCUT2D eigenvalue weighted by molar-refractivity contribution is -0.132. The average molecular weight is 333 g/mol. The van der Waals surface area contributed by atoms with Crippen LogP contribution in [-0.4, -0.2) is 12.5 Å². The summed E-state index contributed by atoms with van der Waals surface area (Å²) >= 11 is 0. The minimum Gasteiger partial charge on any atom is -0.355 e. The summed E-state index contributed by atoms with van der Waals surface area (Å²) in [6, 6.07) is 0. The number of allylic oxidation sites excluding steroid dienone is 4. The number of hydrogen-bond donors (Lipinski definition) is 1. The molecule has 2 saturated carbocycles. The molecule has 1 amide bonds. The Morgan fingerprint density at radius 3 is 2.67 bits per heavy atom. The fourth-order valence-corrected chi connectivity index (χ4v) is 6.16. The Bertz CT molecular complexity index is 679. The third-order valence-corrected chi connectivity index (χ3v) is 7.53. The van der Waals surface area contributed by atoms with E-state index in [2.05, 4.69) is 18.3 Å². The van der Waals surface area contributed by atoms with Gasteiger partial charge < -0.3 is 5.32 Å². The maximum atomic E-state index is 13.9. The Morgan fingerprint density at radius 2 is 1.96 bits per heavy atom. The Labute approximate surface area is 142 Å². The van der Waals surface area contributed by atoms with Crippen LogP contribution in [0, 0.1) is 28.6 Å². The fraction of sp³-hybridized carbons (Fsp3) is 0.650. The van der Waals surface area contributed by atoms with E-state index in [0.29, 0.717) is 30.4 Å². The van der Waals surface area contributed by atoms with Gasteiger partial charge in [-0.1, -0.05) is 19.9 Å². The maximum absolute atomic E-state index is 13.9. The van der Waals surface area contributed by atoms with Crippen LogP contribution in [0.25, 0.3) is 0 Å². The van der Waals surface area contributed by atoms with Gasteiger partial charge in [0.25, 0.3) is 0 Å². The van der Waals surface area contributed by atoms with Gasteiger partial charge in [-0.3, -0.25) is 4.79 Å². The molecule has 5 atom stereocenters. The summed E-state index contributed by atoms with van der Waals surface area (Å²) in [5.41, 5.74) is 1.33. The van der Waals surface area contributed by atoms with Gasteiger partial charge >= 0.3 is 0 Å². The van der Waals surface area contributed by atoms with Crippen molar-refractivity contribution in [3.05, 3.63) is 35.5 Å². The molecule has 1 saturated heterocycles. The molecule has 130 valence electrons. The van der Waals surface area contributed by atoms with Crippen LogP contribution in [0.2, 0.25) is 0 Å². The Hall–Kier alpha value is -1.45. The molecule has 2 nitrogen and oxygen atoms in total. The summed E-state index contributed by atoms with van der Waals surface area (Å²) in [6.45, 7) is 4.79. The summed E-state index contributed by atoms with van der Waals surface area (Å²) in [6.07, 6.45) is 8.08. The van der Waals surface area contributed by atoms with E-state index in [1.54, 1.807) is 0 Å². The normalized spacial score (nSPS) is 47.8. The first kappa shape index (κ1) is 16.0. The second-order valence-corrected chi connectivity index (χ2v) is 8.42. The molecule has 1 aliphatic heterocycles. The zero-order chi connectivity index (χ0) is 17.1. The van der Waals surface area contributed by atoms with Gasteiger partial charge in [-0.25, -0.2) is 8.78 Å². The van der Waals surface area contributed by atoms with Gasteiger partial charge in [0.1, 0.15) is 0 Å². The minimum absolute atomic E-state index is 0.0426. The number of carbonyl (C=O) groups is 1. The number of carbonyl (C=O) groups excluding carboxylic acids is 1. The zero-order valence-corrected chi connectivity index (χ0v) is 14.4. The highest BCUT2D eigenvalue weighted by molar-refractivity contribution is 5.85. The second-order valence-electron chi connectivity index (χ2n) is 8.42. The van der Waals surface area contributed by atoms with E-state index in [9.17, 15) is 13.6 Å².